The van der Waals surface area contributed by atoms with Crippen LogP contribution in [0.25, 0.3) is 0 Å². The number of amides is 1. The highest BCUT2D eigenvalue weighted by molar-refractivity contribution is 5.99. The van der Waals surface area contributed by atoms with Crippen molar-refractivity contribution in [3.63, 3.8) is 0 Å². The molecule has 0 aromatic heterocycles. The fraction of sp³-hybridized carbons (Fsp3) is 0.562. The maximum atomic E-state index is 13.9. The average Bonchev–Trinajstić information content (AvgIpc) is 2.43. The quantitative estimate of drug-likeness (QED) is 0.775. The summed E-state index contributed by atoms with van der Waals surface area (Å²) in [6.07, 6.45) is 1.72. The third-order valence-electron chi connectivity index (χ3n) is 3.20. The molecule has 0 radical (unpaired) electrons. The van der Waals surface area contributed by atoms with Gasteiger partial charge in [-0.05, 0) is 52.5 Å². The van der Waals surface area contributed by atoms with E-state index in [1.807, 2.05) is 27.9 Å². The molecule has 1 unspecified atom stereocenters. The Morgan fingerprint density at radius 1 is 1.38 bits per heavy atom. The summed E-state index contributed by atoms with van der Waals surface area (Å²) in [5, 5.41) is 5.91. The molecule has 118 valence electrons. The zero-order valence-electron chi connectivity index (χ0n) is 13.4. The first-order chi connectivity index (χ1) is 9.95. The van der Waals surface area contributed by atoms with Gasteiger partial charge in [-0.3, -0.25) is 4.79 Å². The molecule has 21 heavy (non-hydrogen) atoms. The van der Waals surface area contributed by atoms with E-state index in [0.717, 1.165) is 19.4 Å². The molecule has 0 saturated carbocycles. The molecule has 0 aliphatic carbocycles. The van der Waals surface area contributed by atoms with Crippen LogP contribution in [0.4, 0.5) is 10.1 Å². The van der Waals surface area contributed by atoms with Gasteiger partial charge in [0.25, 0.3) is 5.91 Å². The van der Waals surface area contributed by atoms with Gasteiger partial charge in [0, 0.05) is 12.6 Å². The van der Waals surface area contributed by atoms with E-state index in [9.17, 15) is 9.18 Å². The summed E-state index contributed by atoms with van der Waals surface area (Å²) in [6.45, 7) is 5.49. The Labute approximate surface area is 126 Å². The number of hydrogen-bond acceptors (Lipinski definition) is 3. The number of nitrogens with zero attached hydrogens (tertiary/aromatic N) is 1. The summed E-state index contributed by atoms with van der Waals surface area (Å²) in [4.78, 5) is 14.4. The Hall–Kier alpha value is -1.62. The van der Waals surface area contributed by atoms with E-state index in [1.165, 1.54) is 6.07 Å². The summed E-state index contributed by atoms with van der Waals surface area (Å²) in [5.41, 5.74) is 0.650. The first-order valence-electron chi connectivity index (χ1n) is 7.43. The van der Waals surface area contributed by atoms with Crippen LogP contribution in [0.5, 0.6) is 0 Å². The van der Waals surface area contributed by atoms with Gasteiger partial charge >= 0.3 is 0 Å². The Kier molecular flexibility index (Phi) is 7.15. The number of carbonyl (C=O) groups is 1. The van der Waals surface area contributed by atoms with Crippen molar-refractivity contribution in [2.75, 3.05) is 32.5 Å². The number of para-hydroxylation sites is 1. The first kappa shape index (κ1) is 17.4. The molecule has 0 fully saturated rings. The predicted octanol–water partition coefficient (Wildman–Crippen LogP) is 2.72. The maximum Gasteiger partial charge on any atom is 0.253 e. The number of carbonyl (C=O) groups excluding carboxylic acids is 1. The fourth-order valence-electron chi connectivity index (χ4n) is 1.97. The predicted molar refractivity (Wildman–Crippen MR) is 85.3 cm³/mol. The van der Waals surface area contributed by atoms with Crippen LogP contribution in [0.3, 0.4) is 0 Å². The normalized spacial score (nSPS) is 12.3. The van der Waals surface area contributed by atoms with E-state index in [0.29, 0.717) is 12.1 Å². The smallest absolute Gasteiger partial charge is 0.253 e. The lowest BCUT2D eigenvalue weighted by atomic mass is 10.1. The highest BCUT2D eigenvalue weighted by Crippen LogP contribution is 2.20. The standard InChI is InChI=1S/C16H26FN3O/c1-5-10-18-15-13(7-6-8-14(15)17)16(21)19-12(2)9-11-20(3)4/h6-8,12,18H,5,9-11H2,1-4H3,(H,19,21). The maximum absolute atomic E-state index is 13.9. The third kappa shape index (κ3) is 5.71. The minimum absolute atomic E-state index is 0.0437. The molecular formula is C16H26FN3O. The van der Waals surface area contributed by atoms with Crippen molar-refractivity contribution in [2.24, 2.45) is 0 Å². The van der Waals surface area contributed by atoms with Gasteiger partial charge < -0.3 is 15.5 Å². The SMILES string of the molecule is CCCNc1c(F)cccc1C(=O)NC(C)CCN(C)C. The molecule has 0 bridgehead atoms. The van der Waals surface area contributed by atoms with Gasteiger partial charge in [0.1, 0.15) is 5.82 Å². The lowest BCUT2D eigenvalue weighted by Gasteiger charge is -2.18. The average molecular weight is 295 g/mol. The molecule has 1 aromatic rings. The number of halogens is 1. The van der Waals surface area contributed by atoms with Gasteiger partial charge in [-0.25, -0.2) is 4.39 Å². The highest BCUT2D eigenvalue weighted by Gasteiger charge is 2.16. The van der Waals surface area contributed by atoms with Crippen molar-refractivity contribution in [3.8, 4) is 0 Å². The topological polar surface area (TPSA) is 44.4 Å². The molecule has 2 N–H and O–H groups in total. The van der Waals surface area contributed by atoms with Crippen LogP contribution >= 0.6 is 0 Å². The molecule has 0 spiro atoms. The summed E-state index contributed by atoms with van der Waals surface area (Å²) in [7, 11) is 3.99. The lowest BCUT2D eigenvalue weighted by molar-refractivity contribution is 0.0937. The molecule has 1 atom stereocenters. The fourth-order valence-corrected chi connectivity index (χ4v) is 1.97. The summed E-state index contributed by atoms with van der Waals surface area (Å²) < 4.78 is 13.9. The molecule has 4 nitrogen and oxygen atoms in total. The van der Waals surface area contributed by atoms with E-state index in [2.05, 4.69) is 15.5 Å². The summed E-state index contributed by atoms with van der Waals surface area (Å²) in [6, 6.07) is 4.62. The van der Waals surface area contributed by atoms with Gasteiger partial charge in [-0.1, -0.05) is 13.0 Å². The molecule has 1 rings (SSSR count). The molecule has 0 aliphatic heterocycles. The zero-order valence-corrected chi connectivity index (χ0v) is 13.4. The van der Waals surface area contributed by atoms with Gasteiger partial charge in [0.15, 0.2) is 0 Å². The van der Waals surface area contributed by atoms with Crippen molar-refractivity contribution in [2.45, 2.75) is 32.7 Å². The number of nitrogens with one attached hydrogen (secondary N) is 2. The molecule has 0 heterocycles. The zero-order chi connectivity index (χ0) is 15.8. The molecule has 1 amide bonds. The van der Waals surface area contributed by atoms with E-state index in [1.54, 1.807) is 12.1 Å². The van der Waals surface area contributed by atoms with Crippen molar-refractivity contribution >= 4 is 11.6 Å². The van der Waals surface area contributed by atoms with E-state index in [4.69, 9.17) is 0 Å². The summed E-state index contributed by atoms with van der Waals surface area (Å²) in [5.74, 6) is -0.628. The minimum Gasteiger partial charge on any atom is -0.382 e. The first-order valence-corrected chi connectivity index (χ1v) is 7.43. The number of benzene rings is 1. The minimum atomic E-state index is -0.392. The van der Waals surface area contributed by atoms with Crippen LogP contribution in [0.1, 0.15) is 37.0 Å². The monoisotopic (exact) mass is 295 g/mol. The molecule has 0 aliphatic rings. The Morgan fingerprint density at radius 2 is 2.10 bits per heavy atom. The van der Waals surface area contributed by atoms with Gasteiger partial charge in [0.2, 0.25) is 0 Å². The van der Waals surface area contributed by atoms with Gasteiger partial charge in [-0.15, -0.1) is 0 Å². The van der Waals surface area contributed by atoms with Crippen LogP contribution in [-0.4, -0.2) is 44.0 Å². The van der Waals surface area contributed by atoms with Gasteiger partial charge in [0.05, 0.1) is 11.3 Å². The van der Waals surface area contributed by atoms with Crippen molar-refractivity contribution in [1.29, 1.82) is 0 Å². The van der Waals surface area contributed by atoms with E-state index in [-0.39, 0.29) is 17.6 Å². The van der Waals surface area contributed by atoms with Crippen LogP contribution in [0.15, 0.2) is 18.2 Å². The molecule has 5 heteroatoms. The van der Waals surface area contributed by atoms with Gasteiger partial charge in [-0.2, -0.15) is 0 Å². The lowest BCUT2D eigenvalue weighted by Crippen LogP contribution is -2.35. The Bertz CT molecular complexity index is 463. The van der Waals surface area contributed by atoms with E-state index >= 15 is 0 Å². The Balaban J connectivity index is 2.75. The van der Waals surface area contributed by atoms with Crippen molar-refractivity contribution in [1.82, 2.24) is 10.2 Å². The van der Waals surface area contributed by atoms with Crippen LogP contribution in [-0.2, 0) is 0 Å². The van der Waals surface area contributed by atoms with Crippen LogP contribution < -0.4 is 10.6 Å². The van der Waals surface area contributed by atoms with Crippen LogP contribution in [0.2, 0.25) is 0 Å². The highest BCUT2D eigenvalue weighted by atomic mass is 19.1. The van der Waals surface area contributed by atoms with Crippen molar-refractivity contribution < 1.29 is 9.18 Å². The second-order valence-electron chi connectivity index (χ2n) is 5.56. The third-order valence-corrected chi connectivity index (χ3v) is 3.20. The second-order valence-corrected chi connectivity index (χ2v) is 5.56. The Morgan fingerprint density at radius 3 is 2.71 bits per heavy atom. The molecular weight excluding hydrogens is 269 g/mol. The molecule has 0 saturated heterocycles. The number of rotatable bonds is 8. The van der Waals surface area contributed by atoms with Crippen molar-refractivity contribution in [3.05, 3.63) is 29.6 Å². The largest absolute Gasteiger partial charge is 0.382 e. The number of hydrogen-bond donors (Lipinski definition) is 2. The second kappa shape index (κ2) is 8.62. The number of anilines is 1. The summed E-state index contributed by atoms with van der Waals surface area (Å²) >= 11 is 0. The molecule has 1 aromatic carbocycles. The van der Waals surface area contributed by atoms with Crippen LogP contribution in [0, 0.1) is 5.82 Å². The van der Waals surface area contributed by atoms with E-state index < -0.39 is 5.82 Å².